The molecule has 0 bridgehead atoms. The van der Waals surface area contributed by atoms with Crippen LogP contribution < -0.4 is 4.74 Å². The highest BCUT2D eigenvalue weighted by molar-refractivity contribution is 9.10. The number of ether oxygens (including phenoxy) is 2. The molecule has 2 aliphatic carbocycles. The molecule has 7 heteroatoms. The number of allylic oxidation sites excluding steroid dienone is 4. The number of rotatable bonds is 8. The lowest BCUT2D eigenvalue weighted by Gasteiger charge is -2.49. The van der Waals surface area contributed by atoms with E-state index in [9.17, 15) is 9.59 Å². The lowest BCUT2D eigenvalue weighted by Crippen LogP contribution is -2.44. The summed E-state index contributed by atoms with van der Waals surface area (Å²) < 4.78 is 13.8. The number of hydrogen-bond donors (Lipinski definition) is 0. The van der Waals surface area contributed by atoms with E-state index in [0.717, 1.165) is 68.4 Å². The van der Waals surface area contributed by atoms with Crippen molar-refractivity contribution in [1.82, 2.24) is 4.90 Å². The zero-order valence-electron chi connectivity index (χ0n) is 24.6. The van der Waals surface area contributed by atoms with Crippen LogP contribution in [0.1, 0.15) is 76.8 Å². The summed E-state index contributed by atoms with van der Waals surface area (Å²) in [7, 11) is 1.71. The van der Waals surface area contributed by atoms with E-state index in [2.05, 4.69) is 64.5 Å². The monoisotopic (exact) mass is 683 g/mol. The molecule has 3 aliphatic rings. The van der Waals surface area contributed by atoms with E-state index < -0.39 is 5.92 Å². The molecule has 0 atom stereocenters. The van der Waals surface area contributed by atoms with Crippen LogP contribution in [0.15, 0.2) is 74.0 Å². The van der Waals surface area contributed by atoms with Gasteiger partial charge in [-0.2, -0.15) is 0 Å². The van der Waals surface area contributed by atoms with E-state index in [-0.39, 0.29) is 22.4 Å². The molecule has 2 aromatic carbocycles. The summed E-state index contributed by atoms with van der Waals surface area (Å²) >= 11 is 7.17. The second-order valence-corrected chi connectivity index (χ2v) is 15.0. The fourth-order valence-electron chi connectivity index (χ4n) is 6.61. The molecular formula is C34H39Br2NO4. The van der Waals surface area contributed by atoms with E-state index in [1.54, 1.807) is 7.11 Å². The SMILES string of the molecule is COCCCN1C2=C(C(=O)CC(C)(C)C2)C(c2cc(Br)ccc2OCc2ccc(Br)cc2)C2=C1CC(C)(C)CC2=O. The summed E-state index contributed by atoms with van der Waals surface area (Å²) in [5.41, 5.74) is 5.25. The molecule has 0 N–H and O–H groups in total. The van der Waals surface area contributed by atoms with E-state index in [4.69, 9.17) is 9.47 Å². The quantitative estimate of drug-likeness (QED) is 0.261. The molecule has 2 aromatic rings. The van der Waals surface area contributed by atoms with Crippen LogP contribution in [0.4, 0.5) is 0 Å². The van der Waals surface area contributed by atoms with Crippen LogP contribution in [-0.2, 0) is 20.9 Å². The Morgan fingerprint density at radius 2 is 1.39 bits per heavy atom. The van der Waals surface area contributed by atoms with Crippen molar-refractivity contribution >= 4 is 43.4 Å². The topological polar surface area (TPSA) is 55.8 Å². The first-order chi connectivity index (χ1) is 19.4. The van der Waals surface area contributed by atoms with Gasteiger partial charge < -0.3 is 14.4 Å². The molecule has 0 saturated carbocycles. The molecule has 0 radical (unpaired) electrons. The number of carbonyl (C=O) groups excluding carboxylic acids is 2. The first-order valence-electron chi connectivity index (χ1n) is 14.3. The minimum absolute atomic E-state index is 0.126. The lowest BCUT2D eigenvalue weighted by molar-refractivity contribution is -0.119. The largest absolute Gasteiger partial charge is 0.489 e. The van der Waals surface area contributed by atoms with E-state index in [0.29, 0.717) is 31.8 Å². The lowest BCUT2D eigenvalue weighted by atomic mass is 9.63. The van der Waals surface area contributed by atoms with Crippen molar-refractivity contribution < 1.29 is 19.1 Å². The van der Waals surface area contributed by atoms with Crippen LogP contribution in [-0.4, -0.2) is 36.7 Å². The number of carbonyl (C=O) groups is 2. The number of Topliss-reactive ketones (excluding diaryl/α,β-unsaturated/α-hetero) is 2. The predicted molar refractivity (Wildman–Crippen MR) is 169 cm³/mol. The Labute approximate surface area is 260 Å². The van der Waals surface area contributed by atoms with Gasteiger partial charge in [0.25, 0.3) is 0 Å². The van der Waals surface area contributed by atoms with Crippen LogP contribution in [0.3, 0.4) is 0 Å². The normalized spacial score (nSPS) is 20.3. The Kier molecular flexibility index (Phi) is 8.71. The molecule has 0 aromatic heterocycles. The third kappa shape index (κ3) is 6.42. The minimum Gasteiger partial charge on any atom is -0.489 e. The standard InChI is InChI=1S/C34H39Br2NO4/c1-33(2)16-25-31(27(38)18-33)30(32-26(37(25)13-6-14-40-5)17-34(3,4)19-28(32)39)24-15-23(36)11-12-29(24)41-20-21-7-9-22(35)10-8-21/h7-12,15,30H,6,13-14,16-20H2,1-5H3. The fourth-order valence-corrected chi connectivity index (χ4v) is 7.26. The van der Waals surface area contributed by atoms with Gasteiger partial charge in [-0.25, -0.2) is 0 Å². The number of halogens is 2. The maximum atomic E-state index is 14.1. The molecule has 1 heterocycles. The third-order valence-corrected chi connectivity index (χ3v) is 9.36. The molecule has 0 unspecified atom stereocenters. The van der Waals surface area contributed by atoms with E-state index >= 15 is 0 Å². The van der Waals surface area contributed by atoms with Crippen LogP contribution in [0.25, 0.3) is 0 Å². The number of hydrogen-bond acceptors (Lipinski definition) is 5. The maximum Gasteiger partial charge on any atom is 0.162 e. The molecule has 41 heavy (non-hydrogen) atoms. The van der Waals surface area contributed by atoms with Crippen LogP contribution in [0.2, 0.25) is 0 Å². The molecule has 5 rings (SSSR count). The Morgan fingerprint density at radius 3 is 1.95 bits per heavy atom. The molecule has 218 valence electrons. The zero-order chi connectivity index (χ0) is 29.5. The number of ketones is 2. The van der Waals surface area contributed by atoms with Gasteiger partial charge in [0.05, 0.1) is 0 Å². The second-order valence-electron chi connectivity index (χ2n) is 13.1. The smallest absolute Gasteiger partial charge is 0.162 e. The fraction of sp³-hybridized carbons (Fsp3) is 0.471. The highest BCUT2D eigenvalue weighted by Gasteiger charge is 2.49. The Morgan fingerprint density at radius 1 is 0.829 bits per heavy atom. The molecule has 0 amide bonds. The van der Waals surface area contributed by atoms with Crippen LogP contribution in [0.5, 0.6) is 5.75 Å². The van der Waals surface area contributed by atoms with Gasteiger partial charge in [-0.15, -0.1) is 0 Å². The molecule has 0 spiro atoms. The third-order valence-electron chi connectivity index (χ3n) is 8.34. The number of nitrogens with zero attached hydrogens (tertiary/aromatic N) is 1. The van der Waals surface area contributed by atoms with Crippen molar-refractivity contribution in [2.45, 2.75) is 72.3 Å². The summed E-state index contributed by atoms with van der Waals surface area (Å²) in [5, 5.41) is 0. The molecular weight excluding hydrogens is 646 g/mol. The van der Waals surface area contributed by atoms with Crippen molar-refractivity contribution in [2.24, 2.45) is 10.8 Å². The van der Waals surface area contributed by atoms with Crippen molar-refractivity contribution in [3.8, 4) is 5.75 Å². The first kappa shape index (κ1) is 30.2. The van der Waals surface area contributed by atoms with Crippen LogP contribution >= 0.6 is 31.9 Å². The van der Waals surface area contributed by atoms with Crippen molar-refractivity contribution in [2.75, 3.05) is 20.3 Å². The second kappa shape index (κ2) is 11.8. The van der Waals surface area contributed by atoms with Gasteiger partial charge >= 0.3 is 0 Å². The summed E-state index contributed by atoms with van der Waals surface area (Å²) in [6, 6.07) is 14.0. The minimum atomic E-state index is -0.455. The molecule has 0 fully saturated rings. The Bertz CT molecular complexity index is 1370. The van der Waals surface area contributed by atoms with Gasteiger partial charge in [-0.3, -0.25) is 9.59 Å². The number of benzene rings is 2. The Hall–Kier alpha value is -2.22. The van der Waals surface area contributed by atoms with Crippen molar-refractivity contribution in [3.05, 3.63) is 85.1 Å². The van der Waals surface area contributed by atoms with Gasteiger partial charge in [0.2, 0.25) is 0 Å². The van der Waals surface area contributed by atoms with Crippen molar-refractivity contribution in [1.29, 1.82) is 0 Å². The molecule has 5 nitrogen and oxygen atoms in total. The van der Waals surface area contributed by atoms with E-state index in [1.165, 1.54) is 0 Å². The first-order valence-corrected chi connectivity index (χ1v) is 15.9. The van der Waals surface area contributed by atoms with Gasteiger partial charge in [0.15, 0.2) is 11.6 Å². The number of methoxy groups -OCH3 is 1. The summed E-state index contributed by atoms with van der Waals surface area (Å²) in [4.78, 5) is 30.6. The predicted octanol–water partition coefficient (Wildman–Crippen LogP) is 8.51. The Balaban J connectivity index is 1.68. The highest BCUT2D eigenvalue weighted by atomic mass is 79.9. The maximum absolute atomic E-state index is 14.1. The van der Waals surface area contributed by atoms with Gasteiger partial charge in [0, 0.05) is 76.1 Å². The van der Waals surface area contributed by atoms with Gasteiger partial charge in [-0.1, -0.05) is 71.7 Å². The van der Waals surface area contributed by atoms with Crippen LogP contribution in [0, 0.1) is 10.8 Å². The molecule has 0 saturated heterocycles. The van der Waals surface area contributed by atoms with E-state index in [1.807, 2.05) is 42.5 Å². The summed E-state index contributed by atoms with van der Waals surface area (Å²) in [5.74, 6) is 0.494. The summed E-state index contributed by atoms with van der Waals surface area (Å²) in [6.07, 6.45) is 3.30. The average Bonchev–Trinajstić information content (AvgIpc) is 2.88. The van der Waals surface area contributed by atoms with Crippen molar-refractivity contribution in [3.63, 3.8) is 0 Å². The summed E-state index contributed by atoms with van der Waals surface area (Å²) in [6.45, 7) is 10.4. The molecule has 1 aliphatic heterocycles. The van der Waals surface area contributed by atoms with Gasteiger partial charge in [-0.05, 0) is 66.0 Å². The van der Waals surface area contributed by atoms with Gasteiger partial charge in [0.1, 0.15) is 12.4 Å². The highest BCUT2D eigenvalue weighted by Crippen LogP contribution is 2.55. The zero-order valence-corrected chi connectivity index (χ0v) is 27.8. The average molecular weight is 685 g/mol.